The molecule has 0 atom stereocenters. The van der Waals surface area contributed by atoms with Crippen molar-refractivity contribution in [1.82, 2.24) is 9.88 Å². The van der Waals surface area contributed by atoms with Crippen molar-refractivity contribution < 1.29 is 37.1 Å². The number of aryl methyl sites for hydroxylation is 3. The van der Waals surface area contributed by atoms with Gasteiger partial charge >= 0.3 is 12.1 Å². The van der Waals surface area contributed by atoms with Gasteiger partial charge in [0.15, 0.2) is 11.5 Å². The fourth-order valence-electron chi connectivity index (χ4n) is 5.07. The standard InChI is InChI=1S/C37H35ClF3N3O5/c1-6-31(45)25-18-21(2)34(29(38)20-25)49-32(46)9-7-8-23-11-17-30(28(19-23)36(48)44(4)5)43-35(47)27-16-10-22(3)42-33(27)24-12-14-26(15-13-24)37(39,40)41/h10-20H,6-9H2,1-5H3,(H,43,47). The van der Waals surface area contributed by atoms with E-state index in [-0.39, 0.29) is 51.4 Å². The van der Waals surface area contributed by atoms with E-state index >= 15 is 0 Å². The molecular weight excluding hydrogens is 659 g/mol. The Balaban J connectivity index is 1.50. The number of nitrogens with zero attached hydrogens (tertiary/aromatic N) is 2. The number of amides is 2. The lowest BCUT2D eigenvalue weighted by Gasteiger charge is -2.17. The number of hydrogen-bond donors (Lipinski definition) is 1. The summed E-state index contributed by atoms with van der Waals surface area (Å²) in [6, 6.07) is 15.6. The Morgan fingerprint density at radius 2 is 1.61 bits per heavy atom. The maximum absolute atomic E-state index is 13.6. The van der Waals surface area contributed by atoms with Gasteiger partial charge in [0.2, 0.25) is 0 Å². The number of esters is 1. The second-order valence-corrected chi connectivity index (χ2v) is 12.1. The molecule has 49 heavy (non-hydrogen) atoms. The molecule has 0 unspecified atom stereocenters. The molecule has 0 aliphatic heterocycles. The van der Waals surface area contributed by atoms with Crippen LogP contribution >= 0.6 is 11.6 Å². The molecule has 0 bridgehead atoms. The van der Waals surface area contributed by atoms with Crippen molar-refractivity contribution in [2.45, 2.75) is 52.6 Å². The Morgan fingerprint density at radius 3 is 2.22 bits per heavy atom. The van der Waals surface area contributed by atoms with Gasteiger partial charge in [-0.2, -0.15) is 13.2 Å². The van der Waals surface area contributed by atoms with Crippen LogP contribution in [0.1, 0.15) is 79.6 Å². The highest BCUT2D eigenvalue weighted by molar-refractivity contribution is 6.32. The molecule has 1 heterocycles. The molecule has 3 aromatic carbocycles. The average molecular weight is 694 g/mol. The predicted molar refractivity (Wildman–Crippen MR) is 181 cm³/mol. The quantitative estimate of drug-likeness (QED) is 0.0959. The molecule has 0 saturated heterocycles. The number of aromatic nitrogens is 1. The van der Waals surface area contributed by atoms with Gasteiger partial charge in [-0.25, -0.2) is 0 Å². The van der Waals surface area contributed by atoms with Crippen molar-refractivity contribution in [3.05, 3.63) is 111 Å². The van der Waals surface area contributed by atoms with Gasteiger partial charge < -0.3 is 15.0 Å². The summed E-state index contributed by atoms with van der Waals surface area (Å²) in [7, 11) is 3.14. The Kier molecular flexibility index (Phi) is 11.6. The summed E-state index contributed by atoms with van der Waals surface area (Å²) in [5.74, 6) is -1.37. The zero-order valence-electron chi connectivity index (χ0n) is 27.6. The minimum absolute atomic E-state index is 0.0496. The lowest BCUT2D eigenvalue weighted by molar-refractivity contribution is -0.137. The number of carbonyl (C=O) groups excluding carboxylic acids is 4. The molecule has 0 aliphatic carbocycles. The van der Waals surface area contributed by atoms with E-state index in [1.54, 1.807) is 65.2 Å². The van der Waals surface area contributed by atoms with Gasteiger partial charge in [0.25, 0.3) is 11.8 Å². The summed E-state index contributed by atoms with van der Waals surface area (Å²) in [6.07, 6.45) is -3.35. The largest absolute Gasteiger partial charge is 0.425 e. The van der Waals surface area contributed by atoms with Gasteiger partial charge in [0, 0.05) is 43.8 Å². The van der Waals surface area contributed by atoms with E-state index in [1.807, 2.05) is 0 Å². The van der Waals surface area contributed by atoms with E-state index in [4.69, 9.17) is 16.3 Å². The predicted octanol–water partition coefficient (Wildman–Crippen LogP) is 8.51. The summed E-state index contributed by atoms with van der Waals surface area (Å²) >= 11 is 6.30. The van der Waals surface area contributed by atoms with Crippen LogP contribution < -0.4 is 10.1 Å². The summed E-state index contributed by atoms with van der Waals surface area (Å²) < 4.78 is 44.9. The smallest absolute Gasteiger partial charge is 0.416 e. The number of nitrogens with one attached hydrogen (secondary N) is 1. The van der Waals surface area contributed by atoms with Crippen molar-refractivity contribution >= 4 is 40.9 Å². The minimum atomic E-state index is -4.51. The van der Waals surface area contributed by atoms with Gasteiger partial charge in [-0.1, -0.05) is 36.7 Å². The Labute approximate surface area is 287 Å². The fourth-order valence-corrected chi connectivity index (χ4v) is 5.37. The number of benzene rings is 3. The topological polar surface area (TPSA) is 106 Å². The second-order valence-electron chi connectivity index (χ2n) is 11.7. The van der Waals surface area contributed by atoms with Crippen LogP contribution in [0.4, 0.5) is 18.9 Å². The number of carbonyl (C=O) groups is 4. The number of hydrogen-bond acceptors (Lipinski definition) is 6. The molecule has 256 valence electrons. The molecule has 12 heteroatoms. The van der Waals surface area contributed by atoms with E-state index in [0.717, 1.165) is 17.7 Å². The van der Waals surface area contributed by atoms with Crippen molar-refractivity contribution in [3.63, 3.8) is 0 Å². The first-order valence-corrected chi connectivity index (χ1v) is 15.8. The summed E-state index contributed by atoms with van der Waals surface area (Å²) in [4.78, 5) is 57.2. The first-order chi connectivity index (χ1) is 23.1. The van der Waals surface area contributed by atoms with Gasteiger partial charge in [-0.05, 0) is 86.3 Å². The number of alkyl halides is 3. The number of ketones is 1. The Bertz CT molecular complexity index is 1880. The van der Waals surface area contributed by atoms with Gasteiger partial charge in [-0.15, -0.1) is 0 Å². The first-order valence-electron chi connectivity index (χ1n) is 15.4. The van der Waals surface area contributed by atoms with Crippen LogP contribution in [0.15, 0.2) is 66.7 Å². The molecule has 0 spiro atoms. The molecule has 2 amide bonds. The number of Topliss-reactive ketones (excluding diaryl/α,β-unsaturated/α-hetero) is 1. The normalized spacial score (nSPS) is 11.2. The maximum Gasteiger partial charge on any atom is 0.416 e. The van der Waals surface area contributed by atoms with Crippen molar-refractivity contribution in [2.24, 2.45) is 0 Å². The molecule has 1 N–H and O–H groups in total. The number of anilines is 1. The van der Waals surface area contributed by atoms with Gasteiger partial charge in [0.1, 0.15) is 0 Å². The van der Waals surface area contributed by atoms with Crippen molar-refractivity contribution in [1.29, 1.82) is 0 Å². The van der Waals surface area contributed by atoms with Crippen LogP contribution in [0.25, 0.3) is 11.3 Å². The van der Waals surface area contributed by atoms with Gasteiger partial charge in [0.05, 0.1) is 33.1 Å². The van der Waals surface area contributed by atoms with E-state index < -0.39 is 23.6 Å². The third-order valence-corrected chi connectivity index (χ3v) is 7.95. The SMILES string of the molecule is CCC(=O)c1cc(C)c(OC(=O)CCCc2ccc(NC(=O)c3ccc(C)nc3-c3ccc(C(F)(F)F)cc3)c(C(=O)N(C)C)c2)c(Cl)c1. The molecule has 0 radical (unpaired) electrons. The molecule has 4 rings (SSSR count). The lowest BCUT2D eigenvalue weighted by atomic mass is 10.0. The average Bonchev–Trinajstić information content (AvgIpc) is 3.05. The number of halogens is 4. The zero-order valence-corrected chi connectivity index (χ0v) is 28.4. The molecule has 0 fully saturated rings. The van der Waals surface area contributed by atoms with Crippen molar-refractivity contribution in [2.75, 3.05) is 19.4 Å². The molecule has 1 aromatic heterocycles. The van der Waals surface area contributed by atoms with Crippen LogP contribution in [0.5, 0.6) is 5.75 Å². The Morgan fingerprint density at radius 1 is 0.918 bits per heavy atom. The minimum Gasteiger partial charge on any atom is -0.425 e. The van der Waals surface area contributed by atoms with Crippen LogP contribution in [-0.4, -0.2) is 47.5 Å². The van der Waals surface area contributed by atoms with Crippen LogP contribution in [0.3, 0.4) is 0 Å². The zero-order chi connectivity index (χ0) is 36.0. The number of pyridine rings is 1. The first kappa shape index (κ1) is 36.8. The number of rotatable bonds is 11. The molecule has 0 saturated carbocycles. The highest BCUT2D eigenvalue weighted by atomic mass is 35.5. The van der Waals surface area contributed by atoms with Crippen LogP contribution in [0, 0.1) is 13.8 Å². The number of ether oxygens (including phenoxy) is 1. The summed E-state index contributed by atoms with van der Waals surface area (Å²) in [5.41, 5.74) is 2.53. The van der Waals surface area contributed by atoms with Crippen LogP contribution in [-0.2, 0) is 17.4 Å². The van der Waals surface area contributed by atoms with E-state index in [2.05, 4.69) is 10.3 Å². The third-order valence-electron chi connectivity index (χ3n) is 7.67. The van der Waals surface area contributed by atoms with Crippen LogP contribution in [0.2, 0.25) is 5.02 Å². The van der Waals surface area contributed by atoms with E-state index in [9.17, 15) is 32.3 Å². The molecule has 8 nitrogen and oxygen atoms in total. The van der Waals surface area contributed by atoms with Gasteiger partial charge in [-0.3, -0.25) is 24.2 Å². The van der Waals surface area contributed by atoms with E-state index in [1.165, 1.54) is 29.2 Å². The summed E-state index contributed by atoms with van der Waals surface area (Å²) in [6.45, 7) is 5.15. The second kappa shape index (κ2) is 15.5. The fraction of sp³-hybridized carbons (Fsp3) is 0.270. The third kappa shape index (κ3) is 9.11. The molecule has 0 aliphatic rings. The highest BCUT2D eigenvalue weighted by Crippen LogP contribution is 2.33. The molecular formula is C37H35ClF3N3O5. The Hall–Kier alpha value is -5.03. The monoisotopic (exact) mass is 693 g/mol. The molecule has 4 aromatic rings. The highest BCUT2D eigenvalue weighted by Gasteiger charge is 2.30. The van der Waals surface area contributed by atoms with Crippen molar-refractivity contribution in [3.8, 4) is 17.0 Å². The lowest BCUT2D eigenvalue weighted by Crippen LogP contribution is -2.24. The van der Waals surface area contributed by atoms with E-state index in [0.29, 0.717) is 41.6 Å². The summed E-state index contributed by atoms with van der Waals surface area (Å²) in [5, 5.41) is 2.94. The maximum atomic E-state index is 13.6.